The molecule has 2 heterocycles. The predicted octanol–water partition coefficient (Wildman–Crippen LogP) is 2.57. The van der Waals surface area contributed by atoms with Gasteiger partial charge in [0.15, 0.2) is 0 Å². The number of ether oxygens (including phenoxy) is 1. The van der Waals surface area contributed by atoms with Crippen molar-refractivity contribution in [3.05, 3.63) is 29.1 Å². The number of esters is 1. The van der Waals surface area contributed by atoms with E-state index >= 15 is 0 Å². The molecule has 2 fully saturated rings. The first-order valence-corrected chi connectivity index (χ1v) is 9.41. The van der Waals surface area contributed by atoms with Crippen molar-refractivity contribution in [2.45, 2.75) is 38.0 Å². The summed E-state index contributed by atoms with van der Waals surface area (Å²) in [5, 5.41) is -0.277. The normalized spacial score (nSPS) is 21.3. The van der Waals surface area contributed by atoms with Crippen molar-refractivity contribution in [3.63, 3.8) is 0 Å². The van der Waals surface area contributed by atoms with Crippen LogP contribution in [0.25, 0.3) is 6.08 Å². The molecule has 0 bridgehead atoms. The maximum atomic E-state index is 12.4. The lowest BCUT2D eigenvalue weighted by molar-refractivity contribution is -0.140. The Balaban J connectivity index is 1.67. The quantitative estimate of drug-likeness (QED) is 0.620. The highest BCUT2D eigenvalue weighted by atomic mass is 32.2. The number of aryl methyl sites for hydroxylation is 1. The fraction of sp³-hybridized carbons (Fsp3) is 0.556. The third-order valence-corrected chi connectivity index (χ3v) is 5.85. The van der Waals surface area contributed by atoms with E-state index in [1.165, 1.54) is 31.3 Å². The summed E-state index contributed by atoms with van der Waals surface area (Å²) in [7, 11) is 1.39. The first kappa shape index (κ1) is 17.1. The number of amides is 1. The van der Waals surface area contributed by atoms with Crippen molar-refractivity contribution in [3.8, 4) is 0 Å². The van der Waals surface area contributed by atoms with E-state index in [4.69, 9.17) is 4.74 Å². The molecule has 3 rings (SSSR count). The summed E-state index contributed by atoms with van der Waals surface area (Å²) in [4.78, 5) is 25.8. The van der Waals surface area contributed by atoms with Crippen LogP contribution < -0.4 is 0 Å². The second-order valence-electron chi connectivity index (χ2n) is 6.43. The van der Waals surface area contributed by atoms with E-state index in [9.17, 15) is 9.59 Å². The van der Waals surface area contributed by atoms with Gasteiger partial charge in [0.05, 0.1) is 7.11 Å². The molecule has 0 aromatic carbocycles. The smallest absolute Gasteiger partial charge is 0.320 e. The molecular formula is C18H24N2O3S. The van der Waals surface area contributed by atoms with E-state index in [2.05, 4.69) is 24.5 Å². The first-order chi connectivity index (χ1) is 11.5. The highest BCUT2D eigenvalue weighted by Gasteiger charge is 2.29. The van der Waals surface area contributed by atoms with Crippen molar-refractivity contribution in [2.24, 2.45) is 0 Å². The van der Waals surface area contributed by atoms with Crippen LogP contribution in [0.4, 0.5) is 0 Å². The van der Waals surface area contributed by atoms with Crippen LogP contribution >= 0.6 is 11.8 Å². The van der Waals surface area contributed by atoms with Crippen LogP contribution in [0.2, 0.25) is 0 Å². The number of rotatable bonds is 4. The molecule has 1 atom stereocenters. The van der Waals surface area contributed by atoms with Crippen molar-refractivity contribution in [1.82, 2.24) is 9.47 Å². The van der Waals surface area contributed by atoms with Gasteiger partial charge in [0.25, 0.3) is 0 Å². The lowest BCUT2D eigenvalue weighted by Crippen LogP contribution is -2.44. The van der Waals surface area contributed by atoms with Gasteiger partial charge in [0.2, 0.25) is 5.91 Å². The minimum atomic E-state index is -0.277. The van der Waals surface area contributed by atoms with Gasteiger partial charge in [-0.2, -0.15) is 0 Å². The number of hydrogen-bond donors (Lipinski definition) is 0. The van der Waals surface area contributed by atoms with Gasteiger partial charge in [0.1, 0.15) is 5.25 Å². The average molecular weight is 348 g/mol. The second-order valence-corrected chi connectivity index (χ2v) is 7.74. The Hall–Kier alpha value is -1.69. The molecule has 130 valence electrons. The molecule has 1 aromatic rings. The molecule has 5 nitrogen and oxygen atoms in total. The molecule has 6 heteroatoms. The van der Waals surface area contributed by atoms with E-state index in [0.29, 0.717) is 19.1 Å². The van der Waals surface area contributed by atoms with E-state index in [-0.39, 0.29) is 17.1 Å². The number of carbonyl (C=O) groups excluding carboxylic acids is 2. The third kappa shape index (κ3) is 3.53. The molecular weight excluding hydrogens is 324 g/mol. The molecule has 2 aliphatic rings. The Kier molecular flexibility index (Phi) is 5.04. The van der Waals surface area contributed by atoms with E-state index in [0.717, 1.165) is 11.3 Å². The van der Waals surface area contributed by atoms with Crippen LogP contribution in [0.1, 0.15) is 35.8 Å². The zero-order valence-electron chi connectivity index (χ0n) is 14.4. The summed E-state index contributed by atoms with van der Waals surface area (Å²) >= 11 is 1.55. The fourth-order valence-electron chi connectivity index (χ4n) is 3.26. The molecule has 0 N–H and O–H groups in total. The average Bonchev–Trinajstić information content (AvgIpc) is 3.38. The maximum Gasteiger partial charge on any atom is 0.320 e. The Morgan fingerprint density at radius 2 is 2.08 bits per heavy atom. The summed E-state index contributed by atoms with van der Waals surface area (Å²) in [6.45, 7) is 5.32. The van der Waals surface area contributed by atoms with Crippen molar-refractivity contribution < 1.29 is 14.3 Å². The highest BCUT2D eigenvalue weighted by Crippen LogP contribution is 2.38. The van der Waals surface area contributed by atoms with Gasteiger partial charge in [-0.15, -0.1) is 11.8 Å². The molecule has 0 spiro atoms. The summed E-state index contributed by atoms with van der Waals surface area (Å²) < 4.78 is 7.16. The maximum absolute atomic E-state index is 12.4. The Morgan fingerprint density at radius 3 is 2.75 bits per heavy atom. The van der Waals surface area contributed by atoms with Gasteiger partial charge < -0.3 is 14.2 Å². The molecule has 1 aliphatic heterocycles. The summed E-state index contributed by atoms with van der Waals surface area (Å²) in [6, 6.07) is 2.78. The van der Waals surface area contributed by atoms with Gasteiger partial charge in [-0.3, -0.25) is 9.59 Å². The number of hydrogen-bond acceptors (Lipinski definition) is 4. The largest absolute Gasteiger partial charge is 0.468 e. The monoisotopic (exact) mass is 348 g/mol. The predicted molar refractivity (Wildman–Crippen MR) is 96.1 cm³/mol. The number of methoxy groups -OCH3 is 1. The molecule has 1 aliphatic carbocycles. The number of carbonyl (C=O) groups is 2. The van der Waals surface area contributed by atoms with E-state index in [1.54, 1.807) is 22.7 Å². The van der Waals surface area contributed by atoms with Crippen LogP contribution in [-0.4, -0.2) is 52.5 Å². The van der Waals surface area contributed by atoms with Gasteiger partial charge in [-0.1, -0.05) is 0 Å². The van der Waals surface area contributed by atoms with Crippen LogP contribution in [0.5, 0.6) is 0 Å². The van der Waals surface area contributed by atoms with Gasteiger partial charge in [-0.25, -0.2) is 0 Å². The number of aromatic nitrogens is 1. The minimum absolute atomic E-state index is 0.0413. The van der Waals surface area contributed by atoms with Crippen molar-refractivity contribution in [1.29, 1.82) is 0 Å². The summed E-state index contributed by atoms with van der Waals surface area (Å²) in [5.74, 6) is 0.463. The molecule has 0 unspecified atom stereocenters. The van der Waals surface area contributed by atoms with Crippen molar-refractivity contribution >= 4 is 29.7 Å². The lowest BCUT2D eigenvalue weighted by atomic mass is 10.2. The molecule has 1 aromatic heterocycles. The minimum Gasteiger partial charge on any atom is -0.468 e. The molecule has 24 heavy (non-hydrogen) atoms. The SMILES string of the molecule is COC(=O)[C@@H]1CN(C(=O)/C=C/c2cc(C)n(C3CC3)c2C)CCS1. The zero-order chi connectivity index (χ0) is 17.3. The Bertz CT molecular complexity index is 676. The standard InChI is InChI=1S/C18H24N2O3S/c1-12-10-14(13(2)20(12)15-5-6-15)4-7-17(21)19-8-9-24-16(11-19)18(22)23-3/h4,7,10,15-16H,5-6,8-9,11H2,1-3H3/b7-4+/t16-/m0/s1. The molecule has 1 amide bonds. The molecule has 1 saturated heterocycles. The zero-order valence-corrected chi connectivity index (χ0v) is 15.3. The Labute approximate surface area is 147 Å². The Morgan fingerprint density at radius 1 is 1.33 bits per heavy atom. The van der Waals surface area contributed by atoms with E-state index < -0.39 is 0 Å². The summed E-state index contributed by atoms with van der Waals surface area (Å²) in [6.07, 6.45) is 6.03. The number of thioether (sulfide) groups is 1. The molecule has 0 radical (unpaired) electrons. The van der Waals surface area contributed by atoms with Crippen molar-refractivity contribution in [2.75, 3.05) is 26.0 Å². The first-order valence-electron chi connectivity index (χ1n) is 8.36. The third-order valence-electron chi connectivity index (χ3n) is 4.68. The van der Waals surface area contributed by atoms with Crippen LogP contribution in [0, 0.1) is 13.8 Å². The highest BCUT2D eigenvalue weighted by molar-refractivity contribution is 8.00. The number of nitrogens with zero attached hydrogens (tertiary/aromatic N) is 2. The van der Waals surface area contributed by atoms with E-state index in [1.807, 2.05) is 6.08 Å². The van der Waals surface area contributed by atoms with Crippen LogP contribution in [-0.2, 0) is 14.3 Å². The van der Waals surface area contributed by atoms with Gasteiger partial charge in [0, 0.05) is 42.3 Å². The summed E-state index contributed by atoms with van der Waals surface area (Å²) in [5.41, 5.74) is 3.58. The fourth-order valence-corrected chi connectivity index (χ4v) is 4.38. The van der Waals surface area contributed by atoms with Crippen LogP contribution in [0.15, 0.2) is 12.1 Å². The van der Waals surface area contributed by atoms with Crippen LogP contribution in [0.3, 0.4) is 0 Å². The second kappa shape index (κ2) is 7.05. The van der Waals surface area contributed by atoms with Gasteiger partial charge >= 0.3 is 5.97 Å². The van der Waals surface area contributed by atoms with Gasteiger partial charge in [-0.05, 0) is 44.4 Å². The lowest BCUT2D eigenvalue weighted by Gasteiger charge is -2.30. The topological polar surface area (TPSA) is 51.5 Å². The molecule has 1 saturated carbocycles.